The molecule has 0 fully saturated rings. The van der Waals surface area contributed by atoms with E-state index in [1.54, 1.807) is 0 Å². The molecule has 0 aliphatic carbocycles. The summed E-state index contributed by atoms with van der Waals surface area (Å²) < 4.78 is 5.61. The Labute approximate surface area is 70.1 Å². The minimum absolute atomic E-state index is 0.296. The standard InChI is InChI=1S/C9H21NO/c1-5-9(6-10)8(4)11-7(2)3/h7-9H,5-6,10H2,1-4H3. The molecule has 0 saturated carbocycles. The van der Waals surface area contributed by atoms with Gasteiger partial charge in [-0.25, -0.2) is 0 Å². The summed E-state index contributed by atoms with van der Waals surface area (Å²) in [6.45, 7) is 9.09. The molecule has 0 spiro atoms. The first-order valence-corrected chi connectivity index (χ1v) is 4.47. The fourth-order valence-electron chi connectivity index (χ4n) is 1.23. The van der Waals surface area contributed by atoms with E-state index >= 15 is 0 Å². The Bertz CT molecular complexity index is 89.6. The molecule has 11 heavy (non-hydrogen) atoms. The Morgan fingerprint density at radius 1 is 1.27 bits per heavy atom. The molecule has 2 unspecified atom stereocenters. The van der Waals surface area contributed by atoms with Crippen molar-refractivity contribution >= 4 is 0 Å². The average Bonchev–Trinajstić information content (AvgIpc) is 1.88. The van der Waals surface area contributed by atoms with Gasteiger partial charge in [0.2, 0.25) is 0 Å². The summed E-state index contributed by atoms with van der Waals surface area (Å²) in [6.07, 6.45) is 1.71. The maximum absolute atomic E-state index is 5.61. The number of nitrogens with two attached hydrogens (primary N) is 1. The van der Waals surface area contributed by atoms with Gasteiger partial charge >= 0.3 is 0 Å². The van der Waals surface area contributed by atoms with Crippen LogP contribution in [-0.2, 0) is 4.74 Å². The van der Waals surface area contributed by atoms with Gasteiger partial charge in [-0.15, -0.1) is 0 Å². The summed E-state index contributed by atoms with van der Waals surface area (Å²) in [5, 5.41) is 0. The van der Waals surface area contributed by atoms with Gasteiger partial charge < -0.3 is 10.5 Å². The molecule has 68 valence electrons. The topological polar surface area (TPSA) is 35.2 Å². The van der Waals surface area contributed by atoms with Crippen LogP contribution >= 0.6 is 0 Å². The van der Waals surface area contributed by atoms with E-state index in [2.05, 4.69) is 27.7 Å². The Kier molecular flexibility index (Phi) is 5.51. The zero-order chi connectivity index (χ0) is 8.85. The first-order chi connectivity index (χ1) is 5.11. The highest BCUT2D eigenvalue weighted by Gasteiger charge is 2.14. The highest BCUT2D eigenvalue weighted by Crippen LogP contribution is 2.11. The molecule has 0 aliphatic rings. The zero-order valence-corrected chi connectivity index (χ0v) is 8.13. The van der Waals surface area contributed by atoms with Gasteiger partial charge in [-0.05, 0) is 39.7 Å². The van der Waals surface area contributed by atoms with E-state index in [0.29, 0.717) is 18.1 Å². The molecule has 0 aromatic rings. The minimum atomic E-state index is 0.296. The molecule has 2 N–H and O–H groups in total. The molecule has 0 rings (SSSR count). The van der Waals surface area contributed by atoms with Gasteiger partial charge in [0.15, 0.2) is 0 Å². The number of hydrogen-bond acceptors (Lipinski definition) is 2. The van der Waals surface area contributed by atoms with Crippen LogP contribution in [-0.4, -0.2) is 18.8 Å². The van der Waals surface area contributed by atoms with E-state index in [0.717, 1.165) is 13.0 Å². The van der Waals surface area contributed by atoms with Gasteiger partial charge in [0.05, 0.1) is 12.2 Å². The molecule has 0 radical (unpaired) electrons. The summed E-state index contributed by atoms with van der Waals surface area (Å²) in [6, 6.07) is 0. The lowest BCUT2D eigenvalue weighted by atomic mass is 10.0. The molecular formula is C9H21NO. The van der Waals surface area contributed by atoms with Crippen LogP contribution < -0.4 is 5.73 Å². The predicted molar refractivity (Wildman–Crippen MR) is 48.5 cm³/mol. The molecule has 0 aromatic carbocycles. The second-order valence-corrected chi connectivity index (χ2v) is 3.29. The molecule has 0 aromatic heterocycles. The molecule has 0 heterocycles. The molecule has 0 saturated heterocycles. The van der Waals surface area contributed by atoms with Crippen LogP contribution in [0.4, 0.5) is 0 Å². The third-order valence-electron chi connectivity index (χ3n) is 1.98. The smallest absolute Gasteiger partial charge is 0.0590 e. The Balaban J connectivity index is 3.68. The van der Waals surface area contributed by atoms with Gasteiger partial charge in [-0.3, -0.25) is 0 Å². The molecule has 0 amide bonds. The van der Waals surface area contributed by atoms with Crippen LogP contribution in [0.5, 0.6) is 0 Å². The second-order valence-electron chi connectivity index (χ2n) is 3.29. The van der Waals surface area contributed by atoms with E-state index in [-0.39, 0.29) is 0 Å². The fourth-order valence-corrected chi connectivity index (χ4v) is 1.23. The number of rotatable bonds is 5. The highest BCUT2D eigenvalue weighted by atomic mass is 16.5. The molecule has 2 heteroatoms. The van der Waals surface area contributed by atoms with Crippen molar-refractivity contribution in [3.8, 4) is 0 Å². The summed E-state index contributed by atoms with van der Waals surface area (Å²) in [5.41, 5.74) is 5.58. The van der Waals surface area contributed by atoms with Crippen LogP contribution in [0.1, 0.15) is 34.1 Å². The van der Waals surface area contributed by atoms with Crippen molar-refractivity contribution in [1.29, 1.82) is 0 Å². The summed E-state index contributed by atoms with van der Waals surface area (Å²) in [7, 11) is 0. The Morgan fingerprint density at radius 3 is 2.09 bits per heavy atom. The van der Waals surface area contributed by atoms with Gasteiger partial charge in [-0.2, -0.15) is 0 Å². The van der Waals surface area contributed by atoms with Crippen molar-refractivity contribution in [2.75, 3.05) is 6.54 Å². The first kappa shape index (κ1) is 10.9. The van der Waals surface area contributed by atoms with Crippen molar-refractivity contribution in [3.05, 3.63) is 0 Å². The summed E-state index contributed by atoms with van der Waals surface area (Å²) in [5.74, 6) is 0.511. The van der Waals surface area contributed by atoms with Crippen molar-refractivity contribution in [2.45, 2.75) is 46.3 Å². The second kappa shape index (κ2) is 5.56. The van der Waals surface area contributed by atoms with E-state index in [4.69, 9.17) is 10.5 Å². The summed E-state index contributed by atoms with van der Waals surface area (Å²) in [4.78, 5) is 0. The average molecular weight is 159 g/mol. The lowest BCUT2D eigenvalue weighted by Crippen LogP contribution is -2.29. The maximum Gasteiger partial charge on any atom is 0.0590 e. The maximum atomic E-state index is 5.61. The normalized spacial score (nSPS) is 16.9. The molecule has 2 nitrogen and oxygen atoms in total. The van der Waals surface area contributed by atoms with Gasteiger partial charge in [0.1, 0.15) is 0 Å². The third kappa shape index (κ3) is 4.38. The van der Waals surface area contributed by atoms with E-state index in [1.165, 1.54) is 0 Å². The summed E-state index contributed by atoms with van der Waals surface area (Å²) >= 11 is 0. The van der Waals surface area contributed by atoms with Crippen LogP contribution in [0, 0.1) is 5.92 Å². The third-order valence-corrected chi connectivity index (χ3v) is 1.98. The quantitative estimate of drug-likeness (QED) is 0.663. The van der Waals surface area contributed by atoms with Gasteiger partial charge in [-0.1, -0.05) is 6.92 Å². The molecule has 0 aliphatic heterocycles. The van der Waals surface area contributed by atoms with Crippen molar-refractivity contribution in [2.24, 2.45) is 11.7 Å². The monoisotopic (exact) mass is 159 g/mol. The van der Waals surface area contributed by atoms with E-state index < -0.39 is 0 Å². The SMILES string of the molecule is CCC(CN)C(C)OC(C)C. The fraction of sp³-hybridized carbons (Fsp3) is 1.00. The van der Waals surface area contributed by atoms with Crippen molar-refractivity contribution in [3.63, 3.8) is 0 Å². The molecule has 0 bridgehead atoms. The van der Waals surface area contributed by atoms with Crippen LogP contribution in [0.3, 0.4) is 0 Å². The Morgan fingerprint density at radius 2 is 1.82 bits per heavy atom. The van der Waals surface area contributed by atoms with Crippen LogP contribution in [0.2, 0.25) is 0 Å². The van der Waals surface area contributed by atoms with Crippen LogP contribution in [0.25, 0.3) is 0 Å². The lowest BCUT2D eigenvalue weighted by molar-refractivity contribution is -0.0137. The minimum Gasteiger partial charge on any atom is -0.376 e. The highest BCUT2D eigenvalue weighted by molar-refractivity contribution is 4.65. The van der Waals surface area contributed by atoms with E-state index in [9.17, 15) is 0 Å². The van der Waals surface area contributed by atoms with Crippen molar-refractivity contribution in [1.82, 2.24) is 0 Å². The Hall–Kier alpha value is -0.0800. The van der Waals surface area contributed by atoms with Crippen LogP contribution in [0.15, 0.2) is 0 Å². The molecule has 2 atom stereocenters. The molecular weight excluding hydrogens is 138 g/mol. The zero-order valence-electron chi connectivity index (χ0n) is 8.13. The number of ether oxygens (including phenoxy) is 1. The predicted octanol–water partition coefficient (Wildman–Crippen LogP) is 1.78. The van der Waals surface area contributed by atoms with Gasteiger partial charge in [0.25, 0.3) is 0 Å². The van der Waals surface area contributed by atoms with E-state index in [1.807, 2.05) is 0 Å². The number of hydrogen-bond donors (Lipinski definition) is 1. The lowest BCUT2D eigenvalue weighted by Gasteiger charge is -2.23. The van der Waals surface area contributed by atoms with Crippen molar-refractivity contribution < 1.29 is 4.74 Å². The first-order valence-electron chi connectivity index (χ1n) is 4.47. The van der Waals surface area contributed by atoms with Gasteiger partial charge in [0, 0.05) is 0 Å². The largest absolute Gasteiger partial charge is 0.376 e.